The number of nitrogens with zero attached hydrogens (tertiary/aromatic N) is 1. The van der Waals surface area contributed by atoms with Crippen molar-refractivity contribution in [3.8, 4) is 0 Å². The second kappa shape index (κ2) is 7.09. The second-order valence-electron chi connectivity index (χ2n) is 4.00. The molecule has 5 heteroatoms. The predicted octanol–water partition coefficient (Wildman–Crippen LogP) is 0.939. The van der Waals surface area contributed by atoms with E-state index in [1.165, 1.54) is 0 Å². The van der Waals surface area contributed by atoms with Crippen molar-refractivity contribution >= 4 is 0 Å². The molecule has 15 heavy (non-hydrogen) atoms. The molecular weight excluding hydrogens is 202 g/mol. The summed E-state index contributed by atoms with van der Waals surface area (Å²) in [7, 11) is 0. The number of rotatable bonds is 6. The van der Waals surface area contributed by atoms with E-state index in [9.17, 15) is 8.78 Å². The van der Waals surface area contributed by atoms with Gasteiger partial charge in [-0.05, 0) is 18.8 Å². The standard InChI is InChI=1S/C10H20F2N2O/c11-10(12)8-14(4-3-13)7-9-1-5-15-6-2-9/h9-10H,1-8,13H2. The molecule has 1 aliphatic rings. The first-order chi connectivity index (χ1) is 7.22. The fraction of sp³-hybridized carbons (Fsp3) is 1.00. The first kappa shape index (κ1) is 12.8. The monoisotopic (exact) mass is 222 g/mol. The summed E-state index contributed by atoms with van der Waals surface area (Å²) < 4.78 is 29.7. The third kappa shape index (κ3) is 5.39. The summed E-state index contributed by atoms with van der Waals surface area (Å²) in [4.78, 5) is 1.76. The van der Waals surface area contributed by atoms with E-state index < -0.39 is 6.43 Å². The van der Waals surface area contributed by atoms with Gasteiger partial charge in [-0.25, -0.2) is 8.78 Å². The van der Waals surface area contributed by atoms with Crippen molar-refractivity contribution in [1.29, 1.82) is 0 Å². The van der Waals surface area contributed by atoms with Crippen molar-refractivity contribution in [3.05, 3.63) is 0 Å². The van der Waals surface area contributed by atoms with Gasteiger partial charge in [-0.2, -0.15) is 0 Å². The highest BCUT2D eigenvalue weighted by molar-refractivity contribution is 4.70. The van der Waals surface area contributed by atoms with Crippen molar-refractivity contribution < 1.29 is 13.5 Å². The lowest BCUT2D eigenvalue weighted by molar-refractivity contribution is 0.0374. The Bertz CT molecular complexity index is 164. The highest BCUT2D eigenvalue weighted by Crippen LogP contribution is 2.16. The van der Waals surface area contributed by atoms with Gasteiger partial charge in [-0.3, -0.25) is 4.90 Å². The van der Waals surface area contributed by atoms with Crippen LogP contribution < -0.4 is 5.73 Å². The zero-order chi connectivity index (χ0) is 11.1. The van der Waals surface area contributed by atoms with Crippen molar-refractivity contribution in [2.24, 2.45) is 11.7 Å². The molecular formula is C10H20F2N2O. The zero-order valence-electron chi connectivity index (χ0n) is 9.00. The summed E-state index contributed by atoms with van der Waals surface area (Å²) >= 11 is 0. The third-order valence-electron chi connectivity index (χ3n) is 2.70. The molecule has 1 saturated heterocycles. The van der Waals surface area contributed by atoms with Crippen molar-refractivity contribution in [2.75, 3.05) is 39.4 Å². The largest absolute Gasteiger partial charge is 0.381 e. The van der Waals surface area contributed by atoms with Crippen LogP contribution in [0.5, 0.6) is 0 Å². The van der Waals surface area contributed by atoms with E-state index in [4.69, 9.17) is 10.5 Å². The van der Waals surface area contributed by atoms with Gasteiger partial charge in [0.15, 0.2) is 0 Å². The molecule has 1 fully saturated rings. The molecule has 1 rings (SSSR count). The quantitative estimate of drug-likeness (QED) is 0.727. The van der Waals surface area contributed by atoms with Crippen molar-refractivity contribution in [2.45, 2.75) is 19.3 Å². The summed E-state index contributed by atoms with van der Waals surface area (Å²) in [6, 6.07) is 0. The fourth-order valence-electron chi connectivity index (χ4n) is 1.93. The lowest BCUT2D eigenvalue weighted by Crippen LogP contribution is -2.38. The van der Waals surface area contributed by atoms with Crippen LogP contribution in [0.1, 0.15) is 12.8 Å². The Kier molecular flexibility index (Phi) is 6.05. The first-order valence-electron chi connectivity index (χ1n) is 5.50. The van der Waals surface area contributed by atoms with Crippen LogP contribution in [0.4, 0.5) is 8.78 Å². The van der Waals surface area contributed by atoms with Crippen LogP contribution in [0.2, 0.25) is 0 Å². The topological polar surface area (TPSA) is 38.5 Å². The van der Waals surface area contributed by atoms with E-state index in [0.717, 1.165) is 32.6 Å². The van der Waals surface area contributed by atoms with E-state index in [1.807, 2.05) is 0 Å². The van der Waals surface area contributed by atoms with Crippen LogP contribution in [0.25, 0.3) is 0 Å². The highest BCUT2D eigenvalue weighted by atomic mass is 19.3. The van der Waals surface area contributed by atoms with Gasteiger partial charge >= 0.3 is 0 Å². The number of alkyl halides is 2. The Labute approximate surface area is 89.6 Å². The Hall–Kier alpha value is -0.260. The van der Waals surface area contributed by atoms with Gasteiger partial charge in [0.05, 0.1) is 6.54 Å². The van der Waals surface area contributed by atoms with Gasteiger partial charge in [0.2, 0.25) is 0 Å². The summed E-state index contributed by atoms with van der Waals surface area (Å²) in [6.45, 7) is 3.09. The van der Waals surface area contributed by atoms with E-state index in [-0.39, 0.29) is 6.54 Å². The van der Waals surface area contributed by atoms with Gasteiger partial charge < -0.3 is 10.5 Å². The summed E-state index contributed by atoms with van der Waals surface area (Å²) in [5, 5.41) is 0. The summed E-state index contributed by atoms with van der Waals surface area (Å²) in [5.74, 6) is 0.490. The highest BCUT2D eigenvalue weighted by Gasteiger charge is 2.19. The molecule has 0 radical (unpaired) electrons. The second-order valence-corrected chi connectivity index (χ2v) is 4.00. The molecule has 0 spiro atoms. The van der Waals surface area contributed by atoms with Gasteiger partial charge in [0, 0.05) is 32.8 Å². The number of hydrogen-bond acceptors (Lipinski definition) is 3. The first-order valence-corrected chi connectivity index (χ1v) is 5.50. The molecule has 0 atom stereocenters. The van der Waals surface area contributed by atoms with Crippen LogP contribution in [0.15, 0.2) is 0 Å². The maximum atomic E-state index is 12.3. The maximum absolute atomic E-state index is 12.3. The maximum Gasteiger partial charge on any atom is 0.251 e. The lowest BCUT2D eigenvalue weighted by atomic mass is 10.00. The SMILES string of the molecule is NCCN(CC(F)F)CC1CCOCC1. The molecule has 1 heterocycles. The molecule has 0 saturated carbocycles. The number of nitrogens with two attached hydrogens (primary N) is 1. The molecule has 0 amide bonds. The molecule has 0 unspecified atom stereocenters. The molecule has 0 aromatic rings. The average molecular weight is 222 g/mol. The Morgan fingerprint density at radius 1 is 1.33 bits per heavy atom. The van der Waals surface area contributed by atoms with Gasteiger partial charge in [0.25, 0.3) is 6.43 Å². The molecule has 0 aromatic carbocycles. The Morgan fingerprint density at radius 3 is 2.53 bits per heavy atom. The lowest BCUT2D eigenvalue weighted by Gasteiger charge is -2.29. The molecule has 0 bridgehead atoms. The number of halogens is 2. The fourth-order valence-corrected chi connectivity index (χ4v) is 1.93. The molecule has 0 aromatic heterocycles. The van der Waals surface area contributed by atoms with Crippen LogP contribution in [-0.2, 0) is 4.74 Å². The Morgan fingerprint density at radius 2 is 2.00 bits per heavy atom. The summed E-state index contributed by atoms with van der Waals surface area (Å²) in [6.07, 6.45) is -0.314. The van der Waals surface area contributed by atoms with Crippen LogP contribution in [-0.4, -0.2) is 50.7 Å². The average Bonchev–Trinajstić information content (AvgIpc) is 2.18. The van der Waals surface area contributed by atoms with E-state index in [2.05, 4.69) is 0 Å². The van der Waals surface area contributed by atoms with Gasteiger partial charge in [-0.1, -0.05) is 0 Å². The molecule has 90 valence electrons. The van der Waals surface area contributed by atoms with Gasteiger partial charge in [-0.15, -0.1) is 0 Å². The molecule has 2 N–H and O–H groups in total. The van der Waals surface area contributed by atoms with E-state index >= 15 is 0 Å². The minimum absolute atomic E-state index is 0.158. The summed E-state index contributed by atoms with van der Waals surface area (Å²) in [5.41, 5.74) is 5.40. The van der Waals surface area contributed by atoms with Crippen LogP contribution in [0.3, 0.4) is 0 Å². The minimum Gasteiger partial charge on any atom is -0.381 e. The van der Waals surface area contributed by atoms with E-state index in [0.29, 0.717) is 19.0 Å². The predicted molar refractivity (Wildman–Crippen MR) is 55.0 cm³/mol. The third-order valence-corrected chi connectivity index (χ3v) is 2.70. The minimum atomic E-state index is -2.27. The zero-order valence-corrected chi connectivity index (χ0v) is 9.00. The van der Waals surface area contributed by atoms with Gasteiger partial charge in [0.1, 0.15) is 0 Å². The van der Waals surface area contributed by atoms with Crippen molar-refractivity contribution in [3.63, 3.8) is 0 Å². The van der Waals surface area contributed by atoms with Crippen LogP contribution in [0, 0.1) is 5.92 Å². The Balaban J connectivity index is 2.28. The number of ether oxygens (including phenoxy) is 1. The molecule has 1 aliphatic heterocycles. The number of hydrogen-bond donors (Lipinski definition) is 1. The van der Waals surface area contributed by atoms with Crippen LogP contribution >= 0.6 is 0 Å². The smallest absolute Gasteiger partial charge is 0.251 e. The van der Waals surface area contributed by atoms with E-state index in [1.54, 1.807) is 4.90 Å². The van der Waals surface area contributed by atoms with Crippen molar-refractivity contribution in [1.82, 2.24) is 4.90 Å². The molecule has 0 aliphatic carbocycles. The normalized spacial score (nSPS) is 19.0. The molecule has 3 nitrogen and oxygen atoms in total.